The van der Waals surface area contributed by atoms with E-state index in [0.717, 1.165) is 16.7 Å². The van der Waals surface area contributed by atoms with Crippen molar-refractivity contribution in [3.05, 3.63) is 72.5 Å². The molecule has 3 aromatic rings. The summed E-state index contributed by atoms with van der Waals surface area (Å²) in [5.41, 5.74) is -2.00. The molecule has 21 atom stereocenters. The van der Waals surface area contributed by atoms with Gasteiger partial charge in [0.1, 0.15) is 18.3 Å². The molecule has 3 aromatic heterocycles. The Kier molecular flexibility index (Phi) is 19.8. The average Bonchev–Trinajstić information content (AvgIpc) is 1.01. The third-order valence-corrected chi connectivity index (χ3v) is 24.8. The average molecular weight is 1340 g/mol. The maximum atomic E-state index is 14.1. The smallest absolute Gasteiger partial charge is 0.310 e. The number of ketones is 3. The molecular weight excluding hydrogens is 1240 g/mol. The summed E-state index contributed by atoms with van der Waals surface area (Å²) in [6.45, 7) is 16.6. The first-order valence-electron chi connectivity index (χ1n) is 33.7. The zero-order chi connectivity index (χ0) is 69.9. The van der Waals surface area contributed by atoms with E-state index < -0.39 is 122 Å². The van der Waals surface area contributed by atoms with Gasteiger partial charge in [-0.05, 0) is 128 Å². The fourth-order valence-electron chi connectivity index (χ4n) is 20.1. The van der Waals surface area contributed by atoms with Gasteiger partial charge in [0.25, 0.3) is 0 Å². The van der Waals surface area contributed by atoms with Crippen molar-refractivity contribution in [3.8, 4) is 0 Å². The van der Waals surface area contributed by atoms with Crippen molar-refractivity contribution in [3.63, 3.8) is 0 Å². The monoisotopic (exact) mass is 1340 g/mol. The summed E-state index contributed by atoms with van der Waals surface area (Å²) in [5.74, 6) is -7.96. The first-order chi connectivity index (χ1) is 45.3. The number of carbonyl (C=O) groups is 12. The van der Waals surface area contributed by atoms with E-state index in [-0.39, 0.29) is 103 Å². The molecule has 96 heavy (non-hydrogen) atoms. The van der Waals surface area contributed by atoms with Gasteiger partial charge in [0, 0.05) is 61.3 Å². The summed E-state index contributed by atoms with van der Waals surface area (Å²) < 4.78 is 48.2. The second-order valence-corrected chi connectivity index (χ2v) is 29.9. The Hall–Kier alpha value is -7.92. The van der Waals surface area contributed by atoms with Crippen LogP contribution in [0.25, 0.3) is 0 Å². The SMILES string of the molecule is CCC(=O)N(C)[C@@H]1C[C@@H](C(=O)OC)[C@]2(C)CC[C@H]3C(=O)O[C@H](c4ccoc4)C[C@]3(C)C2C1=O.CCC(=O)N[C@@H]1C[C@@H](C(=O)OC)[C@]2(C)CC[C@H]3C(=O)O[C@H](c4ccoc4)C[C@]3(C)C2C1=O.COC(=O)[C@@H]1C[C@@H](NC(C)=O)C(=O)C2[C@@]1(C)CC[C@H]1C(=O)O[C@H](c3ccoc3)C[C@]21C. The second-order valence-electron chi connectivity index (χ2n) is 29.9. The molecule has 6 aliphatic carbocycles. The molecule has 6 saturated carbocycles. The summed E-state index contributed by atoms with van der Waals surface area (Å²) in [6.07, 6.45) is 13.3. The number of nitrogens with zero attached hydrogens (tertiary/aromatic N) is 1. The molecule has 0 bridgehead atoms. The minimum atomic E-state index is -0.791. The van der Waals surface area contributed by atoms with E-state index in [1.54, 1.807) is 57.9 Å². The molecule has 24 nitrogen and oxygen atoms in total. The largest absolute Gasteiger partial charge is 0.472 e. The second kappa shape index (κ2) is 26.8. The normalized spacial score (nSPS) is 38.8. The number of likely N-dealkylation sites (N-methyl/N-ethyl adjacent to an activating group) is 1. The Bertz CT molecular complexity index is 3510. The van der Waals surface area contributed by atoms with E-state index in [1.807, 2.05) is 41.5 Å². The van der Waals surface area contributed by atoms with E-state index in [9.17, 15) is 57.5 Å². The standard InChI is InChI=1S/C25H33NO7.C24H31NO7.C23H29NO7/c1-6-19(27)26(4)17-11-16(22(29)31-5)24(2)9-7-15-23(30)33-18(14-8-10-32-13-14)12-25(15,3)21(24)20(17)28;1-5-18(26)25-16-10-15(21(28)30-4)23(2)8-6-14-22(29)32-17(13-7-9-31-12-13)11-24(14,3)20(23)19(16)27;1-12(25)24-16-9-15(20(27)29-4)22(2)7-5-14-21(28)31-17(13-6-8-30-11-13)10-23(14,3)19(22)18(16)26/h8,10,13,15-18,21H,6-7,9,11-12H2,1-5H3;7,9,12,14-17,20H,5-6,8,10-11H2,1-4H3,(H,25,26);6,8,11,14-17,19H,5,7,9-10H2,1-4H3,(H,24,25)/t15-,16-,17+,18-,21?,24-,25-;14-,15-,16+,17-,20?,23-,24-;14-,15-,16+,17-,19?,22-,23-/m000/s1. The Labute approximate surface area is 558 Å². The van der Waals surface area contributed by atoms with Crippen molar-refractivity contribution in [2.45, 2.75) is 189 Å². The molecule has 9 fully saturated rings. The number of esters is 6. The van der Waals surface area contributed by atoms with Crippen molar-refractivity contribution in [2.24, 2.45) is 85.8 Å². The molecule has 3 saturated heterocycles. The van der Waals surface area contributed by atoms with Crippen molar-refractivity contribution in [1.29, 1.82) is 0 Å². The zero-order valence-corrected chi connectivity index (χ0v) is 57.3. The first-order valence-corrected chi connectivity index (χ1v) is 33.7. The van der Waals surface area contributed by atoms with Crippen LogP contribution in [0.15, 0.2) is 69.0 Å². The van der Waals surface area contributed by atoms with Crippen LogP contribution in [0.5, 0.6) is 0 Å². The Balaban J connectivity index is 0.000000157. The molecule has 6 heterocycles. The zero-order valence-electron chi connectivity index (χ0n) is 57.3. The number of amides is 3. The van der Waals surface area contributed by atoms with Crippen LogP contribution in [0.3, 0.4) is 0 Å². The highest BCUT2D eigenvalue weighted by Gasteiger charge is 2.71. The minimum Gasteiger partial charge on any atom is -0.472 e. The van der Waals surface area contributed by atoms with E-state index in [2.05, 4.69) is 10.6 Å². The van der Waals surface area contributed by atoms with Gasteiger partial charge in [0.2, 0.25) is 17.7 Å². The quantitative estimate of drug-likeness (QED) is 0.134. The molecule has 0 aromatic carbocycles. The van der Waals surface area contributed by atoms with Gasteiger partial charge in [-0.1, -0.05) is 55.4 Å². The highest BCUT2D eigenvalue weighted by molar-refractivity contribution is 5.97. The number of rotatable bonds is 11. The van der Waals surface area contributed by atoms with Crippen LogP contribution in [0.2, 0.25) is 0 Å². The molecule has 0 spiro atoms. The molecule has 3 amide bonds. The van der Waals surface area contributed by atoms with Crippen molar-refractivity contribution < 1.29 is 99.2 Å². The van der Waals surface area contributed by atoms with Crippen LogP contribution in [-0.2, 0) is 86.0 Å². The summed E-state index contributed by atoms with van der Waals surface area (Å²) in [7, 11) is 5.66. The Morgan fingerprint density at radius 2 is 0.823 bits per heavy atom. The Morgan fingerprint density at radius 1 is 0.490 bits per heavy atom. The minimum absolute atomic E-state index is 0.0743. The van der Waals surface area contributed by atoms with Crippen molar-refractivity contribution >= 4 is 70.9 Å². The molecule has 522 valence electrons. The molecule has 0 radical (unpaired) electrons. The number of methoxy groups -OCH3 is 3. The van der Waals surface area contributed by atoms with Gasteiger partial charge in [-0.15, -0.1) is 0 Å². The highest BCUT2D eigenvalue weighted by Crippen LogP contribution is 2.68. The van der Waals surface area contributed by atoms with Crippen molar-refractivity contribution in [2.75, 3.05) is 28.4 Å². The maximum absolute atomic E-state index is 14.1. The fraction of sp³-hybridized carbons (Fsp3) is 0.667. The lowest BCUT2D eigenvalue weighted by molar-refractivity contribution is -0.207. The van der Waals surface area contributed by atoms with Gasteiger partial charge in [-0.25, -0.2) is 0 Å². The lowest BCUT2D eigenvalue weighted by Gasteiger charge is -2.61. The third-order valence-electron chi connectivity index (χ3n) is 24.8. The fourth-order valence-corrected chi connectivity index (χ4v) is 20.1. The summed E-state index contributed by atoms with van der Waals surface area (Å²) >= 11 is 0. The van der Waals surface area contributed by atoms with Gasteiger partial charge in [-0.3, -0.25) is 57.5 Å². The molecule has 3 aliphatic heterocycles. The molecule has 12 rings (SSSR count). The van der Waals surface area contributed by atoms with Gasteiger partial charge >= 0.3 is 35.8 Å². The van der Waals surface area contributed by atoms with Crippen LogP contribution in [0.4, 0.5) is 0 Å². The number of hydrogen-bond donors (Lipinski definition) is 2. The Morgan fingerprint density at radius 3 is 1.12 bits per heavy atom. The molecule has 9 aliphatic rings. The maximum Gasteiger partial charge on any atom is 0.310 e. The predicted octanol–water partition coefficient (Wildman–Crippen LogP) is 8.84. The predicted molar refractivity (Wildman–Crippen MR) is 336 cm³/mol. The van der Waals surface area contributed by atoms with E-state index in [1.165, 1.54) is 51.9 Å². The number of Topliss-reactive ketones (excluding diaryl/α,β-unsaturated/α-hetero) is 3. The van der Waals surface area contributed by atoms with Gasteiger partial charge in [-0.2, -0.15) is 0 Å². The number of carbonyl (C=O) groups excluding carboxylic acids is 12. The van der Waals surface area contributed by atoms with Crippen LogP contribution in [0.1, 0.15) is 187 Å². The topological polar surface area (TPSA) is 327 Å². The van der Waals surface area contributed by atoms with Crippen LogP contribution in [-0.4, -0.2) is 122 Å². The van der Waals surface area contributed by atoms with Crippen LogP contribution in [0, 0.1) is 85.8 Å². The third kappa shape index (κ3) is 12.0. The van der Waals surface area contributed by atoms with E-state index in [4.69, 9.17) is 41.7 Å². The van der Waals surface area contributed by atoms with Crippen molar-refractivity contribution in [1.82, 2.24) is 15.5 Å². The lowest BCUT2D eigenvalue weighted by atomic mass is 9.42. The van der Waals surface area contributed by atoms with Crippen LogP contribution < -0.4 is 10.6 Å². The number of hydrogen-bond acceptors (Lipinski definition) is 21. The first kappa shape index (κ1) is 70.9. The van der Waals surface area contributed by atoms with E-state index in [0.29, 0.717) is 57.8 Å². The number of nitrogens with one attached hydrogen (secondary N) is 2. The van der Waals surface area contributed by atoms with E-state index >= 15 is 0 Å². The number of cyclic esters (lactones) is 3. The van der Waals surface area contributed by atoms with Gasteiger partial charge < -0.3 is 57.2 Å². The van der Waals surface area contributed by atoms with Gasteiger partial charge in [0.05, 0.1) is 113 Å². The van der Waals surface area contributed by atoms with Gasteiger partial charge in [0.15, 0.2) is 17.3 Å². The molecule has 24 heteroatoms. The molecule has 2 N–H and O–H groups in total. The molecular formula is C72H93N3O21. The summed E-state index contributed by atoms with van der Waals surface area (Å²) in [5, 5.41) is 5.54. The molecule has 3 unspecified atom stereocenters. The summed E-state index contributed by atoms with van der Waals surface area (Å²) in [4.78, 5) is 158. The number of furan rings is 3. The number of ether oxygens (including phenoxy) is 6. The van der Waals surface area contributed by atoms with Crippen LogP contribution >= 0.6 is 0 Å². The summed E-state index contributed by atoms with van der Waals surface area (Å²) in [6, 6.07) is 2.96. The highest BCUT2D eigenvalue weighted by atomic mass is 16.6. The number of fused-ring (bicyclic) bond motifs is 9. The lowest BCUT2D eigenvalue weighted by Crippen LogP contribution is -2.66.